The molecule has 0 bridgehead atoms. The van der Waals surface area contributed by atoms with E-state index in [1.165, 1.54) is 18.7 Å². The molecule has 0 spiro atoms. The van der Waals surface area contributed by atoms with Gasteiger partial charge in [-0.15, -0.1) is 0 Å². The van der Waals surface area contributed by atoms with Crippen LogP contribution in [0.5, 0.6) is 0 Å². The lowest BCUT2D eigenvalue weighted by Gasteiger charge is -2.28. The number of carbonyl (C=O) groups excluding carboxylic acids is 2. The van der Waals surface area contributed by atoms with Gasteiger partial charge in [-0.2, -0.15) is 0 Å². The number of nitrogens with zero attached hydrogens (tertiary/aromatic N) is 1. The van der Waals surface area contributed by atoms with Crippen LogP contribution in [0, 0.1) is 0 Å². The molecule has 0 saturated heterocycles. The van der Waals surface area contributed by atoms with Crippen LogP contribution in [0.2, 0.25) is 0 Å². The van der Waals surface area contributed by atoms with Gasteiger partial charge in [-0.3, -0.25) is 4.90 Å². The number of ether oxygens (including phenoxy) is 2. The van der Waals surface area contributed by atoms with Gasteiger partial charge in [0.15, 0.2) is 6.23 Å². The maximum Gasteiger partial charge on any atom is 0.412 e. The molecule has 2 atom stereocenters. The Bertz CT molecular complexity index is 344. The van der Waals surface area contributed by atoms with Crippen molar-refractivity contribution in [3.8, 4) is 0 Å². The van der Waals surface area contributed by atoms with Crippen LogP contribution in [0.1, 0.15) is 27.2 Å². The quantitative estimate of drug-likeness (QED) is 0.387. The molecular formula is C13H23NO6. The third-order valence-electron chi connectivity index (χ3n) is 2.48. The Kier molecular flexibility index (Phi) is 8.58. The minimum Gasteiger partial charge on any atom is -0.450 e. The summed E-state index contributed by atoms with van der Waals surface area (Å²) < 4.78 is 9.91. The van der Waals surface area contributed by atoms with E-state index in [-0.39, 0.29) is 25.1 Å². The minimum atomic E-state index is -0.948. The van der Waals surface area contributed by atoms with Gasteiger partial charge in [0.1, 0.15) is 0 Å². The van der Waals surface area contributed by atoms with Crippen molar-refractivity contribution < 1.29 is 29.3 Å². The molecule has 2 unspecified atom stereocenters. The van der Waals surface area contributed by atoms with Gasteiger partial charge >= 0.3 is 12.1 Å². The first-order valence-electron chi connectivity index (χ1n) is 6.42. The minimum absolute atomic E-state index is 0.0885. The van der Waals surface area contributed by atoms with Crippen molar-refractivity contribution >= 4 is 12.1 Å². The van der Waals surface area contributed by atoms with E-state index in [2.05, 4.69) is 6.58 Å². The van der Waals surface area contributed by atoms with Crippen molar-refractivity contribution in [1.29, 1.82) is 0 Å². The fourth-order valence-corrected chi connectivity index (χ4v) is 1.33. The molecular weight excluding hydrogens is 266 g/mol. The first-order chi connectivity index (χ1) is 9.33. The summed E-state index contributed by atoms with van der Waals surface area (Å²) in [5.74, 6) is -0.616. The Morgan fingerprint density at radius 1 is 1.40 bits per heavy atom. The van der Waals surface area contributed by atoms with Crippen molar-refractivity contribution in [2.45, 2.75) is 39.5 Å². The Morgan fingerprint density at radius 2 is 2.00 bits per heavy atom. The van der Waals surface area contributed by atoms with Gasteiger partial charge in [0, 0.05) is 12.1 Å². The number of rotatable bonds is 8. The van der Waals surface area contributed by atoms with Crippen LogP contribution in [0.25, 0.3) is 0 Å². The lowest BCUT2D eigenvalue weighted by Crippen LogP contribution is -2.43. The number of aliphatic hydroxyl groups excluding tert-OH is 2. The summed E-state index contributed by atoms with van der Waals surface area (Å²) in [5.41, 5.74) is 0.219. The van der Waals surface area contributed by atoms with Gasteiger partial charge < -0.3 is 19.7 Å². The van der Waals surface area contributed by atoms with Crippen LogP contribution in [-0.4, -0.2) is 59.3 Å². The van der Waals surface area contributed by atoms with E-state index in [0.717, 1.165) is 0 Å². The summed E-state index contributed by atoms with van der Waals surface area (Å²) in [6.45, 7) is 7.99. The van der Waals surface area contributed by atoms with E-state index in [9.17, 15) is 14.7 Å². The van der Waals surface area contributed by atoms with Crippen LogP contribution in [0.15, 0.2) is 12.2 Å². The summed E-state index contributed by atoms with van der Waals surface area (Å²) in [6, 6.07) is 0. The van der Waals surface area contributed by atoms with Crippen LogP contribution in [0.3, 0.4) is 0 Å². The first-order valence-corrected chi connectivity index (χ1v) is 6.42. The van der Waals surface area contributed by atoms with E-state index < -0.39 is 31.0 Å². The second-order valence-electron chi connectivity index (χ2n) is 4.30. The molecule has 0 rings (SSSR count). The highest BCUT2D eigenvalue weighted by Gasteiger charge is 2.25. The Balaban J connectivity index is 4.69. The lowest BCUT2D eigenvalue weighted by atomic mass is 10.2. The average molecular weight is 289 g/mol. The van der Waals surface area contributed by atoms with Gasteiger partial charge in [-0.1, -0.05) is 6.58 Å². The molecule has 7 nitrogen and oxygen atoms in total. The normalized spacial score (nSPS) is 13.2. The van der Waals surface area contributed by atoms with Gasteiger partial charge in [-0.05, 0) is 27.2 Å². The van der Waals surface area contributed by atoms with Crippen molar-refractivity contribution in [2.75, 3.05) is 19.8 Å². The molecule has 0 aromatic heterocycles. The Morgan fingerprint density at radius 3 is 2.45 bits per heavy atom. The number of carbonyl (C=O) groups is 2. The summed E-state index contributed by atoms with van der Waals surface area (Å²) in [5, 5.41) is 18.1. The second kappa shape index (κ2) is 9.33. The number of hydrogen-bond acceptors (Lipinski definition) is 6. The van der Waals surface area contributed by atoms with Crippen molar-refractivity contribution in [3.05, 3.63) is 12.2 Å². The third-order valence-corrected chi connectivity index (χ3v) is 2.48. The van der Waals surface area contributed by atoms with E-state index in [1.54, 1.807) is 6.92 Å². The predicted octanol–water partition coefficient (Wildman–Crippen LogP) is 0.654. The van der Waals surface area contributed by atoms with Gasteiger partial charge in [0.2, 0.25) is 0 Å². The molecule has 7 heteroatoms. The van der Waals surface area contributed by atoms with E-state index in [1.807, 2.05) is 0 Å². The largest absolute Gasteiger partial charge is 0.450 e. The molecule has 0 aliphatic rings. The zero-order chi connectivity index (χ0) is 15.7. The summed E-state index contributed by atoms with van der Waals surface area (Å²) in [6.07, 6.45) is -2.32. The highest BCUT2D eigenvalue weighted by atomic mass is 16.6. The van der Waals surface area contributed by atoms with Crippen LogP contribution >= 0.6 is 0 Å². The van der Waals surface area contributed by atoms with Crippen molar-refractivity contribution in [3.63, 3.8) is 0 Å². The molecule has 0 fully saturated rings. The summed E-state index contributed by atoms with van der Waals surface area (Å²) >= 11 is 0. The fraction of sp³-hybridized carbons (Fsp3) is 0.692. The number of aliphatic hydroxyl groups is 2. The first kappa shape index (κ1) is 18.4. The van der Waals surface area contributed by atoms with Gasteiger partial charge in [0.25, 0.3) is 0 Å². The molecule has 0 heterocycles. The zero-order valence-electron chi connectivity index (χ0n) is 12.2. The van der Waals surface area contributed by atoms with Crippen LogP contribution in [0.4, 0.5) is 4.79 Å². The van der Waals surface area contributed by atoms with E-state index in [0.29, 0.717) is 0 Å². The highest BCUT2D eigenvalue weighted by molar-refractivity contribution is 5.87. The van der Waals surface area contributed by atoms with Crippen molar-refractivity contribution in [1.82, 2.24) is 4.90 Å². The molecule has 0 radical (unpaired) electrons. The second-order valence-corrected chi connectivity index (χ2v) is 4.30. The van der Waals surface area contributed by atoms with Crippen molar-refractivity contribution in [2.24, 2.45) is 0 Å². The van der Waals surface area contributed by atoms with Crippen LogP contribution in [-0.2, 0) is 14.3 Å². The molecule has 2 N–H and O–H groups in total. The molecule has 20 heavy (non-hydrogen) atoms. The topological polar surface area (TPSA) is 96.3 Å². The molecule has 116 valence electrons. The lowest BCUT2D eigenvalue weighted by molar-refractivity contribution is -0.151. The molecule has 0 aliphatic heterocycles. The molecule has 0 aromatic rings. The molecule has 0 aliphatic carbocycles. The maximum absolute atomic E-state index is 11.8. The number of hydrogen-bond donors (Lipinski definition) is 2. The standard InChI is InChI=1S/C13H23NO6/c1-5-19-13(18)14(7-6-11(16)8-15)10(4)20-12(17)9(2)3/h10-11,15-16H,2,5-8H2,1,3-4H3. The smallest absolute Gasteiger partial charge is 0.412 e. The van der Waals surface area contributed by atoms with E-state index in [4.69, 9.17) is 14.6 Å². The SMILES string of the molecule is C=C(C)C(=O)OC(C)N(CCC(O)CO)C(=O)OCC. The monoisotopic (exact) mass is 289 g/mol. The van der Waals surface area contributed by atoms with Gasteiger partial charge in [0.05, 0.1) is 19.3 Å². The molecule has 1 amide bonds. The maximum atomic E-state index is 11.8. The Hall–Kier alpha value is -1.60. The van der Waals surface area contributed by atoms with Crippen LogP contribution < -0.4 is 0 Å². The highest BCUT2D eigenvalue weighted by Crippen LogP contribution is 2.09. The Labute approximate surface area is 118 Å². The third kappa shape index (κ3) is 6.53. The number of esters is 1. The summed E-state index contributed by atoms with van der Waals surface area (Å²) in [7, 11) is 0. The predicted molar refractivity (Wildman–Crippen MR) is 71.8 cm³/mol. The molecule has 0 aromatic carbocycles. The summed E-state index contributed by atoms with van der Waals surface area (Å²) in [4.78, 5) is 24.4. The van der Waals surface area contributed by atoms with Gasteiger partial charge in [-0.25, -0.2) is 9.59 Å². The number of amides is 1. The average Bonchev–Trinajstić information content (AvgIpc) is 2.38. The molecule has 0 saturated carbocycles. The zero-order valence-corrected chi connectivity index (χ0v) is 12.2. The van der Waals surface area contributed by atoms with E-state index >= 15 is 0 Å². The fourth-order valence-electron chi connectivity index (χ4n) is 1.33.